The first-order chi connectivity index (χ1) is 15.2. The lowest BCUT2D eigenvalue weighted by atomic mass is 9.93. The van der Waals surface area contributed by atoms with Crippen LogP contribution in [0.3, 0.4) is 0 Å². The van der Waals surface area contributed by atoms with Crippen LogP contribution in [0.2, 0.25) is 0 Å². The predicted octanol–water partition coefficient (Wildman–Crippen LogP) is 3.66. The Hall–Kier alpha value is -3.35. The van der Waals surface area contributed by atoms with Crippen LogP contribution in [-0.4, -0.2) is 40.0 Å². The van der Waals surface area contributed by atoms with E-state index in [2.05, 4.69) is 27.6 Å². The molecule has 1 fully saturated rings. The van der Waals surface area contributed by atoms with Crippen molar-refractivity contribution >= 4 is 11.8 Å². The largest absolute Gasteiger partial charge is 0.467 e. The maximum atomic E-state index is 12.5. The van der Waals surface area contributed by atoms with Crippen molar-refractivity contribution in [3.8, 4) is 0 Å². The summed E-state index contributed by atoms with van der Waals surface area (Å²) in [7, 11) is 0. The van der Waals surface area contributed by atoms with Crippen molar-refractivity contribution in [1.29, 1.82) is 0 Å². The van der Waals surface area contributed by atoms with Crippen LogP contribution in [0.5, 0.6) is 0 Å². The Kier molecular flexibility index (Phi) is 6.82. The number of aromatic nitrogens is 2. The Morgan fingerprint density at radius 1 is 1.13 bits per heavy atom. The number of nitrogens with one attached hydrogen (secondary N) is 2. The smallest absolute Gasteiger partial charge is 0.272 e. The van der Waals surface area contributed by atoms with E-state index in [1.807, 2.05) is 35.2 Å². The van der Waals surface area contributed by atoms with Crippen LogP contribution < -0.4 is 5.32 Å². The summed E-state index contributed by atoms with van der Waals surface area (Å²) < 4.78 is 5.22. The predicted molar refractivity (Wildman–Crippen MR) is 116 cm³/mol. The maximum Gasteiger partial charge on any atom is 0.272 e. The first-order valence-electron chi connectivity index (χ1n) is 10.9. The van der Waals surface area contributed by atoms with Gasteiger partial charge in [-0.3, -0.25) is 14.7 Å². The Labute approximate surface area is 181 Å². The lowest BCUT2D eigenvalue weighted by Crippen LogP contribution is -2.37. The first kappa shape index (κ1) is 20.9. The molecule has 0 spiro atoms. The summed E-state index contributed by atoms with van der Waals surface area (Å²) in [6.45, 7) is 1.82. The Morgan fingerprint density at radius 3 is 2.68 bits per heavy atom. The van der Waals surface area contributed by atoms with Crippen LogP contribution in [0.1, 0.15) is 59.1 Å². The second-order valence-electron chi connectivity index (χ2n) is 7.96. The summed E-state index contributed by atoms with van der Waals surface area (Å²) in [5.41, 5.74) is 2.61. The summed E-state index contributed by atoms with van der Waals surface area (Å²) in [5.74, 6) is 0.985. The molecule has 1 saturated heterocycles. The van der Waals surface area contributed by atoms with Crippen molar-refractivity contribution in [3.63, 3.8) is 0 Å². The number of aromatic amines is 1. The molecular formula is C24H28N4O3. The minimum Gasteiger partial charge on any atom is -0.467 e. The summed E-state index contributed by atoms with van der Waals surface area (Å²) in [6.07, 6.45) is 5.72. The molecule has 0 unspecified atom stereocenters. The highest BCUT2D eigenvalue weighted by molar-refractivity contribution is 5.92. The normalized spacial score (nSPS) is 14.5. The van der Waals surface area contributed by atoms with Gasteiger partial charge in [-0.1, -0.05) is 30.3 Å². The van der Waals surface area contributed by atoms with Crippen LogP contribution in [0.4, 0.5) is 0 Å². The summed E-state index contributed by atoms with van der Waals surface area (Å²) >= 11 is 0. The van der Waals surface area contributed by atoms with Gasteiger partial charge in [-0.25, -0.2) is 0 Å². The van der Waals surface area contributed by atoms with Gasteiger partial charge in [-0.15, -0.1) is 0 Å². The van der Waals surface area contributed by atoms with Crippen molar-refractivity contribution in [1.82, 2.24) is 20.4 Å². The van der Waals surface area contributed by atoms with Gasteiger partial charge in [0.05, 0.1) is 12.8 Å². The third kappa shape index (κ3) is 5.63. The molecule has 3 aromatic rings. The van der Waals surface area contributed by atoms with Crippen molar-refractivity contribution in [3.05, 3.63) is 77.5 Å². The molecule has 0 radical (unpaired) electrons. The number of furan rings is 1. The van der Waals surface area contributed by atoms with E-state index in [9.17, 15) is 9.59 Å². The minimum absolute atomic E-state index is 0.232. The summed E-state index contributed by atoms with van der Waals surface area (Å²) in [4.78, 5) is 26.8. The molecule has 0 aliphatic carbocycles. The molecule has 7 nitrogen and oxygen atoms in total. The average Bonchev–Trinajstić information content (AvgIpc) is 3.51. The number of likely N-dealkylation sites (tertiary alicyclic amines) is 1. The molecule has 1 aromatic carbocycles. The maximum absolute atomic E-state index is 12.5. The van der Waals surface area contributed by atoms with Gasteiger partial charge >= 0.3 is 0 Å². The van der Waals surface area contributed by atoms with Gasteiger partial charge in [-0.2, -0.15) is 5.10 Å². The van der Waals surface area contributed by atoms with E-state index < -0.39 is 0 Å². The van der Waals surface area contributed by atoms with Crippen LogP contribution in [0.15, 0.2) is 59.2 Å². The minimum atomic E-state index is -0.232. The number of hydrogen-bond acceptors (Lipinski definition) is 4. The molecule has 0 atom stereocenters. The van der Waals surface area contributed by atoms with Gasteiger partial charge < -0.3 is 14.6 Å². The summed E-state index contributed by atoms with van der Waals surface area (Å²) in [6, 6.07) is 15.7. The molecule has 162 valence electrons. The van der Waals surface area contributed by atoms with Gasteiger partial charge in [-0.05, 0) is 49.4 Å². The molecule has 0 bridgehead atoms. The number of amides is 2. The van der Waals surface area contributed by atoms with Crippen LogP contribution in [0, 0.1) is 0 Å². The molecule has 4 rings (SSSR count). The number of H-pyrrole nitrogens is 1. The summed E-state index contributed by atoms with van der Waals surface area (Å²) in [5, 5.41) is 9.98. The zero-order valence-electron chi connectivity index (χ0n) is 17.5. The fourth-order valence-electron chi connectivity index (χ4n) is 4.02. The van der Waals surface area contributed by atoms with Crippen molar-refractivity contribution in [2.24, 2.45) is 0 Å². The third-order valence-electron chi connectivity index (χ3n) is 5.82. The fraction of sp³-hybridized carbons (Fsp3) is 0.375. The Bertz CT molecular complexity index is 973. The van der Waals surface area contributed by atoms with Crippen molar-refractivity contribution in [2.75, 3.05) is 13.1 Å². The van der Waals surface area contributed by atoms with Crippen LogP contribution >= 0.6 is 0 Å². The van der Waals surface area contributed by atoms with Gasteiger partial charge in [0.2, 0.25) is 5.91 Å². The number of aryl methyl sites for hydroxylation is 1. The van der Waals surface area contributed by atoms with E-state index in [0.717, 1.165) is 44.5 Å². The molecular weight excluding hydrogens is 392 g/mol. The topological polar surface area (TPSA) is 91.2 Å². The first-order valence-corrected chi connectivity index (χ1v) is 10.9. The van der Waals surface area contributed by atoms with Gasteiger partial charge in [0.1, 0.15) is 11.5 Å². The number of hydrogen-bond donors (Lipinski definition) is 2. The number of nitrogens with zero attached hydrogens (tertiary/aromatic N) is 2. The third-order valence-corrected chi connectivity index (χ3v) is 5.82. The van der Waals surface area contributed by atoms with Gasteiger partial charge in [0.25, 0.3) is 5.91 Å². The number of benzene rings is 1. The molecule has 0 saturated carbocycles. The molecule has 2 N–H and O–H groups in total. The fourth-order valence-corrected chi connectivity index (χ4v) is 4.02. The Balaban J connectivity index is 1.20. The lowest BCUT2D eigenvalue weighted by Gasteiger charge is -2.31. The molecule has 1 aliphatic heterocycles. The number of carbonyl (C=O) groups excluding carboxylic acids is 2. The van der Waals surface area contributed by atoms with E-state index in [4.69, 9.17) is 4.42 Å². The van der Waals surface area contributed by atoms with Gasteiger partial charge in [0, 0.05) is 31.1 Å². The average molecular weight is 421 g/mol. The zero-order valence-corrected chi connectivity index (χ0v) is 17.5. The molecule has 31 heavy (non-hydrogen) atoms. The standard InChI is InChI=1S/C24H28N4O3/c29-23(10-4-8-18-6-2-1-3-7-18)28-13-11-19(12-14-28)21-16-22(27-26-21)24(30)25-17-20-9-5-15-31-20/h1-3,5-7,9,15-16,19H,4,8,10-14,17H2,(H,25,30)(H,26,27). The highest BCUT2D eigenvalue weighted by atomic mass is 16.3. The van der Waals surface area contributed by atoms with Crippen molar-refractivity contribution in [2.45, 2.75) is 44.6 Å². The second-order valence-corrected chi connectivity index (χ2v) is 7.96. The van der Waals surface area contributed by atoms with E-state index in [0.29, 0.717) is 24.4 Å². The van der Waals surface area contributed by atoms with E-state index in [1.54, 1.807) is 12.3 Å². The highest BCUT2D eigenvalue weighted by Gasteiger charge is 2.25. The molecule has 2 amide bonds. The number of piperidine rings is 1. The van der Waals surface area contributed by atoms with Gasteiger partial charge in [0.15, 0.2) is 0 Å². The monoisotopic (exact) mass is 420 g/mol. The molecule has 7 heteroatoms. The zero-order chi connectivity index (χ0) is 21.5. The van der Waals surface area contributed by atoms with E-state index in [1.165, 1.54) is 5.56 Å². The second kappa shape index (κ2) is 10.1. The molecule has 2 aromatic heterocycles. The molecule has 1 aliphatic rings. The number of carbonyl (C=O) groups is 2. The molecule has 3 heterocycles. The SMILES string of the molecule is O=C(NCc1ccco1)c1cc(C2CCN(C(=O)CCCc3ccccc3)CC2)[nH]n1. The highest BCUT2D eigenvalue weighted by Crippen LogP contribution is 2.27. The quantitative estimate of drug-likeness (QED) is 0.582. The lowest BCUT2D eigenvalue weighted by molar-refractivity contribution is -0.132. The number of rotatable bonds is 8. The van der Waals surface area contributed by atoms with E-state index in [-0.39, 0.29) is 17.7 Å². The van der Waals surface area contributed by atoms with Crippen LogP contribution in [0.25, 0.3) is 0 Å². The Morgan fingerprint density at radius 2 is 1.94 bits per heavy atom. The van der Waals surface area contributed by atoms with Crippen molar-refractivity contribution < 1.29 is 14.0 Å². The van der Waals surface area contributed by atoms with Crippen LogP contribution in [-0.2, 0) is 17.8 Å². The van der Waals surface area contributed by atoms with E-state index >= 15 is 0 Å².